The minimum atomic E-state index is -0.339. The topological polar surface area (TPSA) is 78.3 Å². The number of thioether (sulfide) groups is 1. The van der Waals surface area contributed by atoms with E-state index in [2.05, 4.69) is 21.5 Å². The molecule has 0 amide bonds. The van der Waals surface area contributed by atoms with Gasteiger partial charge in [0.2, 0.25) is 11.1 Å². The second kappa shape index (κ2) is 6.68. The number of nitrogens with one attached hydrogen (secondary N) is 1. The predicted octanol–water partition coefficient (Wildman–Crippen LogP) is 2.90. The molecule has 1 aliphatic carbocycles. The van der Waals surface area contributed by atoms with Gasteiger partial charge in [-0.05, 0) is 30.9 Å². The minimum absolute atomic E-state index is 0.191. The number of carbonyl (C=O) groups excluding carboxylic acids is 1. The van der Waals surface area contributed by atoms with Crippen LogP contribution in [0.3, 0.4) is 0 Å². The summed E-state index contributed by atoms with van der Waals surface area (Å²) in [6.07, 6.45) is 5.28. The largest absolute Gasteiger partial charge is 0.497 e. The van der Waals surface area contributed by atoms with Crippen LogP contribution in [0.15, 0.2) is 35.1 Å². The lowest BCUT2D eigenvalue weighted by atomic mass is 9.80. The van der Waals surface area contributed by atoms with E-state index >= 15 is 0 Å². The highest BCUT2D eigenvalue weighted by atomic mass is 32.2. The number of allylic oxidation sites excluding steroid dienone is 2. The molecule has 136 valence electrons. The summed E-state index contributed by atoms with van der Waals surface area (Å²) >= 11 is 1.47. The van der Waals surface area contributed by atoms with E-state index in [-0.39, 0.29) is 17.7 Å². The number of aromatic nitrogens is 3. The molecule has 0 radical (unpaired) electrons. The molecule has 0 unspecified atom stereocenters. The Labute approximate surface area is 155 Å². The van der Waals surface area contributed by atoms with Crippen LogP contribution < -0.4 is 14.8 Å². The number of carbonyl (C=O) groups is 1. The first-order chi connectivity index (χ1) is 12.7. The molecular weight excluding hydrogens is 352 g/mol. The number of fused-ring (bicyclic) bond motifs is 2. The maximum absolute atomic E-state index is 12.8. The number of hydrogen-bond donors (Lipinski definition) is 1. The van der Waals surface area contributed by atoms with Crippen molar-refractivity contribution < 1.29 is 14.3 Å². The second-order valence-corrected chi connectivity index (χ2v) is 6.96. The molecule has 1 aromatic heterocycles. The lowest BCUT2D eigenvalue weighted by molar-refractivity contribution is -0.123. The number of rotatable bonds is 4. The van der Waals surface area contributed by atoms with Crippen LogP contribution >= 0.6 is 11.8 Å². The summed E-state index contributed by atoms with van der Waals surface area (Å²) in [5.41, 5.74) is 1.75. The van der Waals surface area contributed by atoms with Gasteiger partial charge in [-0.2, -0.15) is 4.98 Å². The van der Waals surface area contributed by atoms with Crippen molar-refractivity contribution in [1.29, 1.82) is 0 Å². The van der Waals surface area contributed by atoms with Crippen LogP contribution in [0.25, 0.3) is 0 Å². The van der Waals surface area contributed by atoms with Crippen LogP contribution in [-0.2, 0) is 4.79 Å². The highest BCUT2D eigenvalue weighted by molar-refractivity contribution is 7.98. The standard InChI is InChI=1S/C18H20N4O3S/c1-24-10-7-8-14(25-2)11(9-10)16-15-12(5-4-6-13(15)23)19-17-20-18(26-3)21-22(16)17/h5,7-9,15-16H,4,6H2,1-3H3,(H,19,20,21)/t15-,16-/m1/s1. The summed E-state index contributed by atoms with van der Waals surface area (Å²) in [5, 5.41) is 8.57. The SMILES string of the molecule is COc1ccc(OC)c([C@@H]2[C@H]3C(=O)CCC=C3Nc3nc(SC)nn32)c1. The zero-order valence-corrected chi connectivity index (χ0v) is 15.7. The van der Waals surface area contributed by atoms with Gasteiger partial charge < -0.3 is 14.8 Å². The zero-order chi connectivity index (χ0) is 18.3. The number of anilines is 1. The third-order valence-electron chi connectivity index (χ3n) is 4.82. The van der Waals surface area contributed by atoms with Crippen LogP contribution in [0.1, 0.15) is 24.4 Å². The molecule has 1 aromatic carbocycles. The van der Waals surface area contributed by atoms with E-state index in [4.69, 9.17) is 9.47 Å². The number of methoxy groups -OCH3 is 2. The molecule has 0 saturated heterocycles. The van der Waals surface area contributed by atoms with Gasteiger partial charge >= 0.3 is 0 Å². The fraction of sp³-hybridized carbons (Fsp3) is 0.389. The molecule has 2 aromatic rings. The molecule has 4 rings (SSSR count). The van der Waals surface area contributed by atoms with Crippen molar-refractivity contribution in [3.05, 3.63) is 35.5 Å². The Bertz CT molecular complexity index is 893. The number of ether oxygens (including phenoxy) is 2. The average Bonchev–Trinajstić information content (AvgIpc) is 3.08. The second-order valence-electron chi connectivity index (χ2n) is 6.19. The Morgan fingerprint density at radius 1 is 1.31 bits per heavy atom. The third kappa shape index (κ3) is 2.65. The smallest absolute Gasteiger partial charge is 0.227 e. The summed E-state index contributed by atoms with van der Waals surface area (Å²) in [4.78, 5) is 17.4. The number of nitrogens with zero attached hydrogens (tertiary/aromatic N) is 3. The highest BCUT2D eigenvalue weighted by Crippen LogP contribution is 2.45. The molecule has 0 saturated carbocycles. The Morgan fingerprint density at radius 2 is 2.15 bits per heavy atom. The normalized spacial score (nSPS) is 21.3. The van der Waals surface area contributed by atoms with E-state index in [1.165, 1.54) is 11.8 Å². The monoisotopic (exact) mass is 372 g/mol. The lowest BCUT2D eigenvalue weighted by Crippen LogP contribution is -2.39. The fourth-order valence-electron chi connectivity index (χ4n) is 3.62. The van der Waals surface area contributed by atoms with Gasteiger partial charge in [0.15, 0.2) is 0 Å². The van der Waals surface area contributed by atoms with E-state index < -0.39 is 0 Å². The highest BCUT2D eigenvalue weighted by Gasteiger charge is 2.42. The van der Waals surface area contributed by atoms with Crippen molar-refractivity contribution in [2.45, 2.75) is 24.0 Å². The van der Waals surface area contributed by atoms with E-state index in [1.807, 2.05) is 24.5 Å². The number of Topliss-reactive ketones (excluding diaryl/α,β-unsaturated/α-hetero) is 1. The van der Waals surface area contributed by atoms with Crippen LogP contribution in [0.2, 0.25) is 0 Å². The minimum Gasteiger partial charge on any atom is -0.497 e. The molecular formula is C18H20N4O3S. The van der Waals surface area contributed by atoms with Crippen LogP contribution in [0, 0.1) is 5.92 Å². The summed E-state index contributed by atoms with van der Waals surface area (Å²) in [6.45, 7) is 0. The average molecular weight is 372 g/mol. The van der Waals surface area contributed by atoms with Gasteiger partial charge in [0.05, 0.1) is 26.2 Å². The molecule has 1 N–H and O–H groups in total. The predicted molar refractivity (Wildman–Crippen MR) is 98.9 cm³/mol. The van der Waals surface area contributed by atoms with E-state index in [0.717, 1.165) is 17.7 Å². The maximum Gasteiger partial charge on any atom is 0.227 e. The van der Waals surface area contributed by atoms with E-state index in [9.17, 15) is 4.79 Å². The van der Waals surface area contributed by atoms with Gasteiger partial charge in [-0.3, -0.25) is 4.79 Å². The van der Waals surface area contributed by atoms with E-state index in [0.29, 0.717) is 29.0 Å². The summed E-state index contributed by atoms with van der Waals surface area (Å²) < 4.78 is 12.8. The first-order valence-electron chi connectivity index (χ1n) is 8.38. The van der Waals surface area contributed by atoms with Crippen molar-refractivity contribution >= 4 is 23.5 Å². The van der Waals surface area contributed by atoms with Gasteiger partial charge in [-0.1, -0.05) is 17.8 Å². The number of hydrogen-bond acceptors (Lipinski definition) is 7. The van der Waals surface area contributed by atoms with E-state index in [1.54, 1.807) is 18.9 Å². The first-order valence-corrected chi connectivity index (χ1v) is 9.61. The van der Waals surface area contributed by atoms with Gasteiger partial charge in [0.25, 0.3) is 0 Å². The van der Waals surface area contributed by atoms with Crippen LogP contribution in [0.5, 0.6) is 11.5 Å². The number of ketones is 1. The van der Waals surface area contributed by atoms with Gasteiger partial charge in [-0.25, -0.2) is 4.68 Å². The zero-order valence-electron chi connectivity index (χ0n) is 14.9. The van der Waals surface area contributed by atoms with Gasteiger partial charge in [0.1, 0.15) is 17.3 Å². The van der Waals surface area contributed by atoms with Gasteiger partial charge in [-0.15, -0.1) is 5.10 Å². The fourth-order valence-corrected chi connectivity index (χ4v) is 3.97. The third-order valence-corrected chi connectivity index (χ3v) is 5.36. The summed E-state index contributed by atoms with van der Waals surface area (Å²) in [7, 11) is 3.25. The van der Waals surface area contributed by atoms with Crippen molar-refractivity contribution in [3.63, 3.8) is 0 Å². The molecule has 0 bridgehead atoms. The number of benzene rings is 1. The molecule has 0 fully saturated rings. The van der Waals surface area contributed by atoms with Crippen molar-refractivity contribution in [2.24, 2.45) is 5.92 Å². The molecule has 7 nitrogen and oxygen atoms in total. The van der Waals surface area contributed by atoms with Crippen molar-refractivity contribution in [1.82, 2.24) is 14.8 Å². The van der Waals surface area contributed by atoms with Crippen LogP contribution in [0.4, 0.5) is 5.95 Å². The quantitative estimate of drug-likeness (QED) is 0.827. The summed E-state index contributed by atoms with van der Waals surface area (Å²) in [5.74, 6) is 1.90. The Morgan fingerprint density at radius 3 is 2.88 bits per heavy atom. The molecule has 2 aliphatic rings. The Hall–Kier alpha value is -2.48. The van der Waals surface area contributed by atoms with Crippen molar-refractivity contribution in [3.8, 4) is 11.5 Å². The Kier molecular flexibility index (Phi) is 4.36. The summed E-state index contributed by atoms with van der Waals surface area (Å²) in [6, 6.07) is 5.29. The molecule has 1 aliphatic heterocycles. The molecule has 0 spiro atoms. The van der Waals surface area contributed by atoms with Gasteiger partial charge in [0, 0.05) is 17.7 Å². The lowest BCUT2D eigenvalue weighted by Gasteiger charge is -2.36. The molecule has 2 heterocycles. The first kappa shape index (κ1) is 17.0. The molecule has 8 heteroatoms. The molecule has 26 heavy (non-hydrogen) atoms. The van der Waals surface area contributed by atoms with Crippen molar-refractivity contribution in [2.75, 3.05) is 25.8 Å². The van der Waals surface area contributed by atoms with Crippen LogP contribution in [-0.4, -0.2) is 41.0 Å². The molecule has 2 atom stereocenters. The Balaban J connectivity index is 1.94. The maximum atomic E-state index is 12.8.